The smallest absolute Gasteiger partial charge is 0.339 e. The van der Waals surface area contributed by atoms with Crippen LogP contribution in [0.5, 0.6) is 0 Å². The first kappa shape index (κ1) is 24.9. The van der Waals surface area contributed by atoms with Crippen molar-refractivity contribution in [3.63, 3.8) is 0 Å². The molecule has 2 N–H and O–H groups in total. The molecule has 34 heavy (non-hydrogen) atoms. The molecule has 0 saturated carbocycles. The fourth-order valence-corrected chi connectivity index (χ4v) is 2.90. The van der Waals surface area contributed by atoms with Crippen molar-refractivity contribution in [2.75, 3.05) is 10.6 Å². The summed E-state index contributed by atoms with van der Waals surface area (Å²) in [6, 6.07) is 7.94. The highest BCUT2D eigenvalue weighted by molar-refractivity contribution is 6.04. The van der Waals surface area contributed by atoms with Crippen LogP contribution in [0.2, 0.25) is 0 Å². The van der Waals surface area contributed by atoms with Crippen LogP contribution in [-0.4, -0.2) is 22.0 Å². The zero-order chi connectivity index (χ0) is 25.1. The van der Waals surface area contributed by atoms with Gasteiger partial charge in [0.25, 0.3) is 5.91 Å². The Hall–Kier alpha value is -3.76. The van der Waals surface area contributed by atoms with Crippen LogP contribution >= 0.6 is 0 Å². The Morgan fingerprint density at radius 1 is 1.03 bits per heavy atom. The maximum absolute atomic E-state index is 13.8. The molecule has 3 rings (SSSR count). The fraction of sp³-hybridized carbons (Fsp3) is 0.304. The third-order valence-electron chi connectivity index (χ3n) is 4.68. The number of aromatic nitrogens is 2. The van der Waals surface area contributed by atoms with Gasteiger partial charge in [-0.25, -0.2) is 4.39 Å². The van der Waals surface area contributed by atoms with Gasteiger partial charge in [0, 0.05) is 23.9 Å². The van der Waals surface area contributed by atoms with E-state index >= 15 is 0 Å². The van der Waals surface area contributed by atoms with E-state index in [4.69, 9.17) is 4.52 Å². The summed E-state index contributed by atoms with van der Waals surface area (Å²) in [6.07, 6.45) is -4.96. The number of rotatable bonds is 6. The van der Waals surface area contributed by atoms with E-state index in [9.17, 15) is 27.2 Å². The first-order valence-corrected chi connectivity index (χ1v) is 10.2. The molecule has 0 unspecified atom stereocenters. The maximum Gasteiger partial charge on any atom is 0.418 e. The van der Waals surface area contributed by atoms with Gasteiger partial charge in [0.2, 0.25) is 11.8 Å². The summed E-state index contributed by atoms with van der Waals surface area (Å²) >= 11 is 0. The van der Waals surface area contributed by atoms with Gasteiger partial charge in [-0.05, 0) is 30.3 Å². The predicted molar refractivity (Wildman–Crippen MR) is 116 cm³/mol. The van der Waals surface area contributed by atoms with Crippen molar-refractivity contribution in [1.29, 1.82) is 0 Å². The Kier molecular flexibility index (Phi) is 7.04. The van der Waals surface area contributed by atoms with Crippen LogP contribution in [0.3, 0.4) is 0 Å². The molecule has 0 fully saturated rings. The minimum Gasteiger partial charge on any atom is -0.339 e. The summed E-state index contributed by atoms with van der Waals surface area (Å²) < 4.78 is 59.7. The first-order chi connectivity index (χ1) is 15.8. The van der Waals surface area contributed by atoms with Crippen LogP contribution in [0.4, 0.5) is 28.9 Å². The van der Waals surface area contributed by atoms with Crippen LogP contribution in [0.15, 0.2) is 47.0 Å². The minimum atomic E-state index is -4.82. The second-order valence-electron chi connectivity index (χ2n) is 8.50. The third-order valence-corrected chi connectivity index (χ3v) is 4.68. The van der Waals surface area contributed by atoms with Crippen molar-refractivity contribution < 1.29 is 31.7 Å². The van der Waals surface area contributed by atoms with E-state index in [0.717, 1.165) is 12.1 Å². The van der Waals surface area contributed by atoms with E-state index < -0.39 is 35.1 Å². The van der Waals surface area contributed by atoms with E-state index in [1.165, 1.54) is 24.3 Å². The number of nitrogens with zero attached hydrogens (tertiary/aromatic N) is 2. The molecule has 1 aromatic heterocycles. The lowest BCUT2D eigenvalue weighted by atomic mass is 9.96. The van der Waals surface area contributed by atoms with Crippen LogP contribution in [0, 0.1) is 5.82 Å². The number of benzene rings is 2. The van der Waals surface area contributed by atoms with Crippen molar-refractivity contribution in [2.24, 2.45) is 0 Å². The van der Waals surface area contributed by atoms with Crippen molar-refractivity contribution in [1.82, 2.24) is 10.1 Å². The standard InChI is InChI=1S/C23H22F4N4O3/c1-22(2,3)21-30-19(34-31-21)11-10-18(32)29-17-9-8-13(12-15(17)23(25,26)27)28-20(33)14-6-4-5-7-16(14)24/h4-9,12H,10-11H2,1-3H3,(H,28,33)(H,29,32). The highest BCUT2D eigenvalue weighted by atomic mass is 19.4. The Balaban J connectivity index is 1.71. The summed E-state index contributed by atoms with van der Waals surface area (Å²) in [7, 11) is 0. The van der Waals surface area contributed by atoms with E-state index in [2.05, 4.69) is 20.8 Å². The molecule has 0 spiro atoms. The maximum atomic E-state index is 13.8. The van der Waals surface area contributed by atoms with Crippen molar-refractivity contribution in [2.45, 2.75) is 45.2 Å². The van der Waals surface area contributed by atoms with Gasteiger partial charge in [-0.2, -0.15) is 18.2 Å². The Bertz CT molecular complexity index is 1200. The summed E-state index contributed by atoms with van der Waals surface area (Å²) in [6.45, 7) is 5.65. The molecule has 1 heterocycles. The molecule has 0 radical (unpaired) electrons. The molecule has 0 aliphatic heterocycles. The third kappa shape index (κ3) is 6.18. The normalized spacial score (nSPS) is 11.9. The average Bonchev–Trinajstić information content (AvgIpc) is 3.22. The quantitative estimate of drug-likeness (QED) is 0.466. The average molecular weight is 478 g/mol. The van der Waals surface area contributed by atoms with Gasteiger partial charge in [-0.1, -0.05) is 38.1 Å². The number of carbonyl (C=O) groups is 2. The van der Waals surface area contributed by atoms with Crippen molar-refractivity contribution in [3.8, 4) is 0 Å². The van der Waals surface area contributed by atoms with E-state index in [0.29, 0.717) is 11.9 Å². The van der Waals surface area contributed by atoms with E-state index in [-0.39, 0.29) is 35.4 Å². The number of halogens is 4. The second kappa shape index (κ2) is 9.62. The lowest BCUT2D eigenvalue weighted by Gasteiger charge is -2.16. The van der Waals surface area contributed by atoms with Gasteiger partial charge in [0.05, 0.1) is 16.8 Å². The van der Waals surface area contributed by atoms with Crippen LogP contribution in [-0.2, 0) is 22.8 Å². The number of hydrogen-bond donors (Lipinski definition) is 2. The summed E-state index contributed by atoms with van der Waals surface area (Å²) in [5.74, 6) is -1.75. The van der Waals surface area contributed by atoms with Crippen LogP contribution in [0.25, 0.3) is 0 Å². The molecule has 2 amide bonds. The number of nitrogens with one attached hydrogen (secondary N) is 2. The number of alkyl halides is 3. The molecule has 7 nitrogen and oxygen atoms in total. The van der Waals surface area contributed by atoms with Crippen LogP contribution < -0.4 is 10.6 Å². The van der Waals surface area contributed by atoms with Gasteiger partial charge in [-0.15, -0.1) is 0 Å². The molecule has 11 heteroatoms. The van der Waals surface area contributed by atoms with Crippen LogP contribution in [0.1, 0.15) is 54.8 Å². The molecule has 0 aliphatic carbocycles. The lowest BCUT2D eigenvalue weighted by Crippen LogP contribution is -2.18. The number of aryl methyl sites for hydroxylation is 1. The van der Waals surface area contributed by atoms with Gasteiger partial charge in [-0.3, -0.25) is 9.59 Å². The Morgan fingerprint density at radius 3 is 2.35 bits per heavy atom. The molecule has 0 atom stereocenters. The van der Waals surface area contributed by atoms with E-state index in [1.54, 1.807) is 0 Å². The highest BCUT2D eigenvalue weighted by Gasteiger charge is 2.34. The summed E-state index contributed by atoms with van der Waals surface area (Å²) in [5.41, 5.74) is -2.53. The predicted octanol–water partition coefficient (Wildman–Crippen LogP) is 5.35. The molecule has 0 saturated heterocycles. The monoisotopic (exact) mass is 478 g/mol. The number of carbonyl (C=O) groups excluding carboxylic acids is 2. The SMILES string of the molecule is CC(C)(C)c1noc(CCC(=O)Nc2ccc(NC(=O)c3ccccc3F)cc2C(F)(F)F)n1. The molecule has 180 valence electrons. The minimum absolute atomic E-state index is 0.0487. The first-order valence-electron chi connectivity index (χ1n) is 10.2. The largest absolute Gasteiger partial charge is 0.418 e. The van der Waals surface area contributed by atoms with Crippen molar-refractivity contribution >= 4 is 23.2 Å². The molecular weight excluding hydrogens is 456 g/mol. The lowest BCUT2D eigenvalue weighted by molar-refractivity contribution is -0.136. The van der Waals surface area contributed by atoms with Gasteiger partial charge >= 0.3 is 6.18 Å². The molecule has 0 aliphatic rings. The number of hydrogen-bond acceptors (Lipinski definition) is 5. The fourth-order valence-electron chi connectivity index (χ4n) is 2.90. The van der Waals surface area contributed by atoms with Gasteiger partial charge < -0.3 is 15.2 Å². The Labute approximate surface area is 192 Å². The topological polar surface area (TPSA) is 97.1 Å². The second-order valence-corrected chi connectivity index (χ2v) is 8.50. The zero-order valence-corrected chi connectivity index (χ0v) is 18.6. The summed E-state index contributed by atoms with van der Waals surface area (Å²) in [4.78, 5) is 28.7. The number of anilines is 2. The van der Waals surface area contributed by atoms with Crippen molar-refractivity contribution in [3.05, 3.63) is 71.1 Å². The van der Waals surface area contributed by atoms with Gasteiger partial charge in [0.15, 0.2) is 5.82 Å². The Morgan fingerprint density at radius 2 is 1.74 bits per heavy atom. The van der Waals surface area contributed by atoms with Gasteiger partial charge in [0.1, 0.15) is 5.82 Å². The molecule has 0 bridgehead atoms. The molecular formula is C23H22F4N4O3. The summed E-state index contributed by atoms with van der Waals surface area (Å²) in [5, 5.41) is 8.29. The number of amides is 2. The molecule has 3 aromatic rings. The molecule has 2 aromatic carbocycles. The highest BCUT2D eigenvalue weighted by Crippen LogP contribution is 2.37. The van der Waals surface area contributed by atoms with E-state index in [1.807, 2.05) is 20.8 Å². The zero-order valence-electron chi connectivity index (χ0n) is 18.6.